The maximum Gasteiger partial charge on any atom is 0.298 e. The highest BCUT2D eigenvalue weighted by atomic mass is 19.3. The summed E-state index contributed by atoms with van der Waals surface area (Å²) in [4.78, 5) is 23.2. The van der Waals surface area contributed by atoms with E-state index in [1.165, 1.54) is 34.8 Å². The summed E-state index contributed by atoms with van der Waals surface area (Å²) in [5.74, 6) is -1.50. The summed E-state index contributed by atoms with van der Waals surface area (Å²) in [5.41, 5.74) is -1.05. The highest BCUT2D eigenvalue weighted by Gasteiger charge is 2.40. The molecule has 2 unspecified atom stereocenters. The Morgan fingerprint density at radius 1 is 1.28 bits per heavy atom. The van der Waals surface area contributed by atoms with Crippen molar-refractivity contribution in [3.05, 3.63) is 0 Å². The first-order chi connectivity index (χ1) is 8.03. The molecule has 18 heavy (non-hydrogen) atoms. The van der Waals surface area contributed by atoms with Crippen LogP contribution in [0.1, 0.15) is 27.7 Å². The van der Waals surface area contributed by atoms with Crippen LogP contribution >= 0.6 is 0 Å². The van der Waals surface area contributed by atoms with E-state index in [4.69, 9.17) is 4.74 Å². The van der Waals surface area contributed by atoms with Crippen molar-refractivity contribution in [2.24, 2.45) is 0 Å². The molecular weight excluding hydrogens is 248 g/mol. The topological polar surface area (TPSA) is 69.7 Å². The third-order valence-electron chi connectivity index (χ3n) is 2.52. The molecule has 0 saturated heterocycles. The number of halogens is 2. The van der Waals surface area contributed by atoms with Crippen molar-refractivity contribution in [2.75, 3.05) is 7.11 Å². The van der Waals surface area contributed by atoms with Crippen LogP contribution in [0.3, 0.4) is 0 Å². The van der Waals surface area contributed by atoms with E-state index in [2.05, 4.69) is 0 Å². The lowest BCUT2D eigenvalue weighted by Gasteiger charge is -2.44. The van der Waals surface area contributed by atoms with Gasteiger partial charge in [-0.3, -0.25) is 4.79 Å². The van der Waals surface area contributed by atoms with Gasteiger partial charge in [0.2, 0.25) is 5.78 Å². The van der Waals surface area contributed by atoms with Gasteiger partial charge in [-0.15, -0.1) is 0 Å². The summed E-state index contributed by atoms with van der Waals surface area (Å²) in [7, 11) is 1.21. The van der Waals surface area contributed by atoms with E-state index in [1.807, 2.05) is 0 Å². The molecule has 7 heteroatoms. The molecule has 1 amide bonds. The number of nitrogens with zero attached hydrogens (tertiary/aromatic N) is 1. The number of hydrogen-bond donors (Lipinski definition) is 0. The van der Waals surface area contributed by atoms with Crippen molar-refractivity contribution in [3.63, 3.8) is 0 Å². The van der Waals surface area contributed by atoms with Gasteiger partial charge in [0.05, 0.1) is 6.10 Å². The second-order valence-electron chi connectivity index (χ2n) is 4.90. The SMILES string of the molecule is COC(C)C(C(=O)C(F)F)N(C(=O)[O-])C(C)(C)C. The zero-order valence-corrected chi connectivity index (χ0v) is 11.1. The van der Waals surface area contributed by atoms with E-state index >= 15 is 0 Å². The number of ether oxygens (including phenoxy) is 1. The van der Waals surface area contributed by atoms with Crippen LogP contribution < -0.4 is 5.11 Å². The van der Waals surface area contributed by atoms with Gasteiger partial charge in [0.1, 0.15) is 12.1 Å². The number of methoxy groups -OCH3 is 1. The summed E-state index contributed by atoms with van der Waals surface area (Å²) in [6, 6.07) is -1.60. The van der Waals surface area contributed by atoms with E-state index in [0.717, 1.165) is 0 Å². The highest BCUT2D eigenvalue weighted by Crippen LogP contribution is 2.22. The number of carboxylic acid groups (broad SMARTS) is 1. The summed E-state index contributed by atoms with van der Waals surface area (Å²) in [5, 5.41) is 11.1. The van der Waals surface area contributed by atoms with E-state index < -0.39 is 36.0 Å². The quantitative estimate of drug-likeness (QED) is 0.733. The van der Waals surface area contributed by atoms with Gasteiger partial charge in [-0.2, -0.15) is 0 Å². The van der Waals surface area contributed by atoms with Gasteiger partial charge in [0, 0.05) is 12.6 Å². The average molecular weight is 266 g/mol. The summed E-state index contributed by atoms with van der Waals surface area (Å²) >= 11 is 0. The molecule has 2 atom stereocenters. The molecule has 0 spiro atoms. The smallest absolute Gasteiger partial charge is 0.298 e. The van der Waals surface area contributed by atoms with Crippen molar-refractivity contribution in [3.8, 4) is 0 Å². The first-order valence-electron chi connectivity index (χ1n) is 5.39. The van der Waals surface area contributed by atoms with Crippen LogP contribution in [0.4, 0.5) is 13.6 Å². The fourth-order valence-corrected chi connectivity index (χ4v) is 1.63. The van der Waals surface area contributed by atoms with Gasteiger partial charge in [0.25, 0.3) is 6.43 Å². The minimum atomic E-state index is -3.27. The molecule has 0 radical (unpaired) electrons. The third-order valence-corrected chi connectivity index (χ3v) is 2.52. The predicted molar refractivity (Wildman–Crippen MR) is 58.3 cm³/mol. The summed E-state index contributed by atoms with van der Waals surface area (Å²) < 4.78 is 29.9. The second-order valence-corrected chi connectivity index (χ2v) is 4.90. The third kappa shape index (κ3) is 3.90. The summed E-state index contributed by atoms with van der Waals surface area (Å²) in [6.07, 6.45) is -5.95. The number of Topliss-reactive ketones (excluding diaryl/α,β-unsaturated/α-hetero) is 1. The van der Waals surface area contributed by atoms with Crippen LogP contribution in [-0.2, 0) is 9.53 Å². The second kappa shape index (κ2) is 6.08. The maximum atomic E-state index is 12.5. The minimum absolute atomic E-state index is 0.593. The van der Waals surface area contributed by atoms with E-state index in [-0.39, 0.29) is 0 Å². The fraction of sp³-hybridized carbons (Fsp3) is 0.818. The number of carbonyl (C=O) groups is 2. The van der Waals surface area contributed by atoms with Crippen LogP contribution in [0.5, 0.6) is 0 Å². The fourth-order valence-electron chi connectivity index (χ4n) is 1.63. The molecule has 0 saturated carbocycles. The van der Waals surface area contributed by atoms with Crippen LogP contribution in [0.15, 0.2) is 0 Å². The first-order valence-corrected chi connectivity index (χ1v) is 5.39. The molecule has 0 heterocycles. The molecule has 0 aromatic rings. The van der Waals surface area contributed by atoms with E-state index in [9.17, 15) is 23.5 Å². The van der Waals surface area contributed by atoms with Crippen LogP contribution in [0.2, 0.25) is 0 Å². The van der Waals surface area contributed by atoms with Gasteiger partial charge < -0.3 is 19.5 Å². The molecule has 0 rings (SSSR count). The normalized spacial score (nSPS) is 15.3. The Kier molecular flexibility index (Phi) is 5.66. The van der Waals surface area contributed by atoms with Gasteiger partial charge in [0.15, 0.2) is 0 Å². The first kappa shape index (κ1) is 16.8. The Labute approximate surface area is 105 Å². The van der Waals surface area contributed by atoms with Crippen LogP contribution in [0, 0.1) is 0 Å². The molecule has 0 fully saturated rings. The number of carbonyl (C=O) groups excluding carboxylic acids is 2. The Bertz CT molecular complexity index is 315. The highest BCUT2D eigenvalue weighted by molar-refractivity contribution is 5.90. The lowest BCUT2D eigenvalue weighted by Crippen LogP contribution is -2.63. The lowest BCUT2D eigenvalue weighted by molar-refractivity contribution is -0.275. The van der Waals surface area contributed by atoms with Crippen molar-refractivity contribution < 1.29 is 28.2 Å². The van der Waals surface area contributed by atoms with Crippen molar-refractivity contribution >= 4 is 11.9 Å². The molecular formula is C11H18F2NO4-. The molecule has 106 valence electrons. The lowest BCUT2D eigenvalue weighted by atomic mass is 9.98. The standard InChI is InChI=1S/C11H19F2NO4/c1-6(18-5)7(8(15)9(12)13)14(10(16)17)11(2,3)4/h6-7,9H,1-5H3,(H,16,17)/p-1. The van der Waals surface area contributed by atoms with E-state index in [0.29, 0.717) is 4.90 Å². The molecule has 0 aliphatic heterocycles. The number of amides is 1. The number of alkyl halides is 2. The average Bonchev–Trinajstić information content (AvgIpc) is 2.20. The van der Waals surface area contributed by atoms with Crippen molar-refractivity contribution in [1.29, 1.82) is 0 Å². The Morgan fingerprint density at radius 2 is 1.72 bits per heavy atom. The Hall–Kier alpha value is -1.24. The monoisotopic (exact) mass is 266 g/mol. The van der Waals surface area contributed by atoms with E-state index in [1.54, 1.807) is 0 Å². The molecule has 0 N–H and O–H groups in total. The van der Waals surface area contributed by atoms with Gasteiger partial charge in [-0.1, -0.05) is 0 Å². The minimum Gasteiger partial charge on any atom is -0.530 e. The molecule has 0 aromatic carbocycles. The van der Waals surface area contributed by atoms with Gasteiger partial charge >= 0.3 is 0 Å². The Balaban J connectivity index is 5.52. The molecule has 0 aliphatic carbocycles. The Morgan fingerprint density at radius 3 is 1.94 bits per heavy atom. The molecule has 0 bridgehead atoms. The molecule has 5 nitrogen and oxygen atoms in total. The number of hydrogen-bond acceptors (Lipinski definition) is 4. The number of ketones is 1. The van der Waals surface area contributed by atoms with Crippen molar-refractivity contribution in [1.82, 2.24) is 4.90 Å². The van der Waals surface area contributed by atoms with Crippen LogP contribution in [0.25, 0.3) is 0 Å². The predicted octanol–water partition coefficient (Wildman–Crippen LogP) is 0.668. The van der Waals surface area contributed by atoms with Crippen molar-refractivity contribution in [2.45, 2.75) is 51.8 Å². The zero-order valence-electron chi connectivity index (χ0n) is 11.1. The zero-order chi connectivity index (χ0) is 14.7. The maximum absolute atomic E-state index is 12.5. The van der Waals surface area contributed by atoms with Gasteiger partial charge in [-0.05, 0) is 27.7 Å². The largest absolute Gasteiger partial charge is 0.530 e. The summed E-state index contributed by atoms with van der Waals surface area (Å²) in [6.45, 7) is 5.80. The molecule has 0 aromatic heterocycles. The van der Waals surface area contributed by atoms with Crippen LogP contribution in [-0.4, -0.2) is 48.0 Å². The molecule has 0 aliphatic rings. The van der Waals surface area contributed by atoms with Gasteiger partial charge in [-0.25, -0.2) is 8.78 Å². The number of rotatable bonds is 5.